The van der Waals surface area contributed by atoms with Crippen LogP contribution in [0.3, 0.4) is 0 Å². The van der Waals surface area contributed by atoms with Gasteiger partial charge < -0.3 is 10.3 Å². The summed E-state index contributed by atoms with van der Waals surface area (Å²) in [5.41, 5.74) is 3.17. The second-order valence-corrected chi connectivity index (χ2v) is 5.12. The summed E-state index contributed by atoms with van der Waals surface area (Å²) in [6.45, 7) is 0.552. The van der Waals surface area contributed by atoms with Crippen LogP contribution in [-0.4, -0.2) is 28.1 Å². The number of nitrogens with zero attached hydrogens (tertiary/aromatic N) is 2. The molecule has 1 aliphatic heterocycles. The molecule has 3 rings (SSSR count). The number of hydrogen-bond acceptors (Lipinski definition) is 3. The Kier molecular flexibility index (Phi) is 3.16. The van der Waals surface area contributed by atoms with Crippen LogP contribution < -0.4 is 5.32 Å². The quantitative estimate of drug-likeness (QED) is 0.910. The van der Waals surface area contributed by atoms with Crippen LogP contribution in [0.25, 0.3) is 0 Å². The minimum absolute atomic E-state index is 0.141. The molecule has 0 unspecified atom stereocenters. The first-order valence-corrected chi connectivity index (χ1v) is 6.66. The zero-order chi connectivity index (χ0) is 13.2. The van der Waals surface area contributed by atoms with Gasteiger partial charge in [0, 0.05) is 34.9 Å². The van der Waals surface area contributed by atoms with Gasteiger partial charge in [-0.3, -0.25) is 9.79 Å². The molecule has 0 fully saturated rings. The Hall–Kier alpha value is -1.95. The van der Waals surface area contributed by atoms with Gasteiger partial charge in [-0.2, -0.15) is 0 Å². The van der Waals surface area contributed by atoms with E-state index in [-0.39, 0.29) is 5.91 Å². The van der Waals surface area contributed by atoms with E-state index >= 15 is 0 Å². The second kappa shape index (κ2) is 4.97. The Morgan fingerprint density at radius 2 is 2.26 bits per heavy atom. The Morgan fingerprint density at radius 3 is 3.05 bits per heavy atom. The van der Waals surface area contributed by atoms with Crippen molar-refractivity contribution in [1.29, 1.82) is 0 Å². The predicted molar refractivity (Wildman–Crippen MR) is 76.5 cm³/mol. The van der Waals surface area contributed by atoms with E-state index in [0.29, 0.717) is 12.3 Å². The molecule has 6 heteroatoms. The number of aromatic amines is 1. The third kappa shape index (κ3) is 2.44. The molecule has 96 valence electrons. The third-order valence-corrected chi connectivity index (χ3v) is 3.40. The average Bonchev–Trinajstić information content (AvgIpc) is 2.99. The fraction of sp³-hybridized carbons (Fsp3) is 0.154. The van der Waals surface area contributed by atoms with Gasteiger partial charge >= 0.3 is 0 Å². The Morgan fingerprint density at radius 1 is 1.37 bits per heavy atom. The number of nitrogens with one attached hydrogen (secondary N) is 2. The van der Waals surface area contributed by atoms with E-state index in [1.54, 1.807) is 12.5 Å². The highest BCUT2D eigenvalue weighted by atomic mass is 79.9. The Bertz CT molecular complexity index is 649. The van der Waals surface area contributed by atoms with E-state index < -0.39 is 0 Å². The summed E-state index contributed by atoms with van der Waals surface area (Å²) < 4.78 is 0.934. The van der Waals surface area contributed by atoms with Crippen molar-refractivity contribution in [3.8, 4) is 0 Å². The summed E-state index contributed by atoms with van der Waals surface area (Å²) in [6.07, 6.45) is 4.14. The SMILES string of the molecule is O=C1Nc2ccc(Br)cc2C1=NCCc1cnc[nH]1. The summed E-state index contributed by atoms with van der Waals surface area (Å²) in [7, 11) is 0. The minimum Gasteiger partial charge on any atom is -0.348 e. The summed E-state index contributed by atoms with van der Waals surface area (Å²) in [6, 6.07) is 5.67. The first-order valence-electron chi connectivity index (χ1n) is 5.87. The molecule has 2 aromatic rings. The monoisotopic (exact) mass is 318 g/mol. The molecule has 0 spiro atoms. The lowest BCUT2D eigenvalue weighted by Gasteiger charge is -1.98. The number of aromatic nitrogens is 2. The smallest absolute Gasteiger partial charge is 0.274 e. The molecule has 1 aromatic heterocycles. The molecule has 5 nitrogen and oxygen atoms in total. The largest absolute Gasteiger partial charge is 0.348 e. The van der Waals surface area contributed by atoms with Crippen LogP contribution in [0.1, 0.15) is 11.3 Å². The first-order chi connectivity index (χ1) is 9.24. The van der Waals surface area contributed by atoms with Crippen molar-refractivity contribution in [2.45, 2.75) is 6.42 Å². The number of hydrogen-bond donors (Lipinski definition) is 2. The average molecular weight is 319 g/mol. The van der Waals surface area contributed by atoms with Crippen LogP contribution >= 0.6 is 15.9 Å². The highest BCUT2D eigenvalue weighted by Gasteiger charge is 2.25. The zero-order valence-electron chi connectivity index (χ0n) is 9.98. The van der Waals surface area contributed by atoms with Gasteiger partial charge in [0.1, 0.15) is 5.71 Å². The van der Waals surface area contributed by atoms with Crippen molar-refractivity contribution in [2.24, 2.45) is 4.99 Å². The van der Waals surface area contributed by atoms with E-state index in [1.165, 1.54) is 0 Å². The number of benzene rings is 1. The fourth-order valence-corrected chi connectivity index (χ4v) is 2.35. The number of carbonyl (C=O) groups is 1. The number of imidazole rings is 1. The maximum absolute atomic E-state index is 11.9. The lowest BCUT2D eigenvalue weighted by molar-refractivity contribution is -0.110. The van der Waals surface area contributed by atoms with Crippen LogP contribution in [0.2, 0.25) is 0 Å². The van der Waals surface area contributed by atoms with Crippen molar-refractivity contribution in [3.63, 3.8) is 0 Å². The van der Waals surface area contributed by atoms with Crippen molar-refractivity contribution in [2.75, 3.05) is 11.9 Å². The van der Waals surface area contributed by atoms with E-state index in [9.17, 15) is 4.79 Å². The number of fused-ring (bicyclic) bond motifs is 1. The van der Waals surface area contributed by atoms with Gasteiger partial charge in [-0.25, -0.2) is 4.98 Å². The molecule has 0 radical (unpaired) electrons. The maximum atomic E-state index is 11.9. The Labute approximate surface area is 118 Å². The van der Waals surface area contributed by atoms with Crippen LogP contribution in [0.15, 0.2) is 40.2 Å². The standard InChI is InChI=1S/C13H11BrN4O/c14-8-1-2-11-10(5-8)12(13(19)18-11)16-4-3-9-6-15-7-17-9/h1-2,5-7H,3-4H2,(H,15,17)(H,16,18,19). The maximum Gasteiger partial charge on any atom is 0.274 e. The minimum atomic E-state index is -0.141. The van der Waals surface area contributed by atoms with Crippen molar-refractivity contribution in [1.82, 2.24) is 9.97 Å². The highest BCUT2D eigenvalue weighted by Crippen LogP contribution is 2.26. The number of anilines is 1. The third-order valence-electron chi connectivity index (χ3n) is 2.91. The van der Waals surface area contributed by atoms with Crippen LogP contribution in [-0.2, 0) is 11.2 Å². The van der Waals surface area contributed by atoms with Gasteiger partial charge in [-0.15, -0.1) is 0 Å². The summed E-state index contributed by atoms with van der Waals surface area (Å²) in [5, 5.41) is 2.81. The van der Waals surface area contributed by atoms with Crippen LogP contribution in [0.5, 0.6) is 0 Å². The highest BCUT2D eigenvalue weighted by molar-refractivity contribution is 9.10. The molecule has 0 atom stereocenters. The number of rotatable bonds is 3. The number of halogens is 1. The molecular weight excluding hydrogens is 308 g/mol. The number of amides is 1. The topological polar surface area (TPSA) is 70.1 Å². The van der Waals surface area contributed by atoms with E-state index in [4.69, 9.17) is 0 Å². The molecule has 1 aliphatic rings. The number of carbonyl (C=O) groups excluding carboxylic acids is 1. The lowest BCUT2D eigenvalue weighted by Crippen LogP contribution is -2.15. The predicted octanol–water partition coefficient (Wildman–Crippen LogP) is 2.16. The first kappa shape index (κ1) is 12.1. The van der Waals surface area contributed by atoms with Gasteiger partial charge in [0.2, 0.25) is 0 Å². The van der Waals surface area contributed by atoms with Crippen LogP contribution in [0.4, 0.5) is 5.69 Å². The number of H-pyrrole nitrogens is 1. The molecule has 0 saturated heterocycles. The van der Waals surface area contributed by atoms with E-state index in [1.807, 2.05) is 18.2 Å². The molecule has 0 saturated carbocycles. The van der Waals surface area contributed by atoms with E-state index in [0.717, 1.165) is 27.8 Å². The van der Waals surface area contributed by atoms with Gasteiger partial charge in [-0.1, -0.05) is 15.9 Å². The molecule has 0 bridgehead atoms. The van der Waals surface area contributed by atoms with Gasteiger partial charge in [0.15, 0.2) is 0 Å². The van der Waals surface area contributed by atoms with Crippen molar-refractivity contribution in [3.05, 3.63) is 46.5 Å². The summed E-state index contributed by atoms with van der Waals surface area (Å²) in [4.78, 5) is 23.2. The van der Waals surface area contributed by atoms with Crippen LogP contribution in [0, 0.1) is 0 Å². The normalized spacial score (nSPS) is 15.6. The summed E-state index contributed by atoms with van der Waals surface area (Å²) >= 11 is 3.40. The molecule has 1 amide bonds. The molecule has 0 aliphatic carbocycles. The summed E-state index contributed by atoms with van der Waals surface area (Å²) in [5.74, 6) is -0.141. The van der Waals surface area contributed by atoms with Crippen molar-refractivity contribution >= 4 is 33.2 Å². The number of aliphatic imine (C=N–C) groups is 1. The molecule has 19 heavy (non-hydrogen) atoms. The van der Waals surface area contributed by atoms with Gasteiger partial charge in [-0.05, 0) is 18.2 Å². The molecular formula is C13H11BrN4O. The van der Waals surface area contributed by atoms with Crippen molar-refractivity contribution < 1.29 is 4.79 Å². The van der Waals surface area contributed by atoms with E-state index in [2.05, 4.69) is 36.2 Å². The van der Waals surface area contributed by atoms with Gasteiger partial charge in [0.05, 0.1) is 12.0 Å². The molecule has 2 heterocycles. The van der Waals surface area contributed by atoms with Gasteiger partial charge in [0.25, 0.3) is 5.91 Å². The zero-order valence-corrected chi connectivity index (χ0v) is 11.6. The second-order valence-electron chi connectivity index (χ2n) is 4.20. The molecule has 1 aromatic carbocycles. The molecule has 2 N–H and O–H groups in total. The Balaban J connectivity index is 1.81. The lowest BCUT2D eigenvalue weighted by atomic mass is 10.1. The fourth-order valence-electron chi connectivity index (χ4n) is 1.99.